The minimum atomic E-state index is 0.543. The monoisotopic (exact) mass is 242 g/mol. The molecule has 0 unspecified atom stereocenters. The highest BCUT2D eigenvalue weighted by atomic mass is 15.1. The molecule has 1 aliphatic heterocycles. The fraction of sp³-hybridized carbons (Fsp3) is 0.562. The minimum Gasteiger partial charge on any atom is -0.328 e. The number of aromatic nitrogens is 2. The lowest BCUT2D eigenvalue weighted by molar-refractivity contribution is 0.768. The summed E-state index contributed by atoms with van der Waals surface area (Å²) in [5, 5.41) is 0. The van der Waals surface area contributed by atoms with Gasteiger partial charge in [0.2, 0.25) is 0 Å². The van der Waals surface area contributed by atoms with Crippen molar-refractivity contribution in [2.45, 2.75) is 58.9 Å². The van der Waals surface area contributed by atoms with Gasteiger partial charge in [0, 0.05) is 13.0 Å². The largest absolute Gasteiger partial charge is 0.328 e. The van der Waals surface area contributed by atoms with E-state index in [4.69, 9.17) is 4.98 Å². The molecule has 0 saturated heterocycles. The Bertz CT molecular complexity index is 591. The summed E-state index contributed by atoms with van der Waals surface area (Å²) in [6.45, 7) is 10.2. The molecule has 1 aromatic carbocycles. The molecule has 2 aromatic rings. The Labute approximate surface area is 109 Å². The van der Waals surface area contributed by atoms with Crippen molar-refractivity contribution >= 4 is 11.0 Å². The molecule has 0 N–H and O–H groups in total. The second-order valence-corrected chi connectivity index (χ2v) is 6.07. The van der Waals surface area contributed by atoms with Gasteiger partial charge in [-0.15, -0.1) is 0 Å². The number of hydrogen-bond acceptors (Lipinski definition) is 1. The summed E-state index contributed by atoms with van der Waals surface area (Å²) in [6, 6.07) is 4.72. The first-order valence-corrected chi connectivity index (χ1v) is 7.11. The maximum atomic E-state index is 4.88. The molecule has 0 saturated carbocycles. The van der Waals surface area contributed by atoms with Crippen LogP contribution in [0.4, 0.5) is 0 Å². The van der Waals surface area contributed by atoms with Crippen molar-refractivity contribution in [3.63, 3.8) is 0 Å². The zero-order chi connectivity index (χ0) is 12.9. The lowest BCUT2D eigenvalue weighted by atomic mass is 9.94. The summed E-state index contributed by atoms with van der Waals surface area (Å²) < 4.78 is 2.42. The molecule has 18 heavy (non-hydrogen) atoms. The molecule has 2 heteroatoms. The van der Waals surface area contributed by atoms with Gasteiger partial charge in [-0.2, -0.15) is 0 Å². The lowest BCUT2D eigenvalue weighted by Gasteiger charge is -2.13. The van der Waals surface area contributed by atoms with Gasteiger partial charge in [0.1, 0.15) is 5.82 Å². The van der Waals surface area contributed by atoms with Crippen LogP contribution in [0.1, 0.15) is 62.9 Å². The Morgan fingerprint density at radius 1 is 1.11 bits per heavy atom. The van der Waals surface area contributed by atoms with Crippen molar-refractivity contribution in [1.82, 2.24) is 9.55 Å². The van der Waals surface area contributed by atoms with Gasteiger partial charge in [-0.1, -0.05) is 33.8 Å². The van der Waals surface area contributed by atoms with Crippen LogP contribution in [0.25, 0.3) is 11.0 Å². The van der Waals surface area contributed by atoms with E-state index in [1.807, 2.05) is 0 Å². The lowest BCUT2D eigenvalue weighted by Crippen LogP contribution is -1.97. The predicted molar refractivity (Wildman–Crippen MR) is 76.2 cm³/mol. The van der Waals surface area contributed by atoms with Crippen LogP contribution in [0.2, 0.25) is 0 Å². The molecular formula is C16H22N2. The summed E-state index contributed by atoms with van der Waals surface area (Å²) >= 11 is 0. The van der Waals surface area contributed by atoms with Crippen LogP contribution < -0.4 is 0 Å². The number of hydrogen-bond donors (Lipinski definition) is 0. The minimum absolute atomic E-state index is 0.543. The van der Waals surface area contributed by atoms with E-state index in [1.165, 1.54) is 34.4 Å². The quantitative estimate of drug-likeness (QED) is 0.770. The molecule has 0 amide bonds. The van der Waals surface area contributed by atoms with Gasteiger partial charge in [-0.05, 0) is 35.4 Å². The summed E-state index contributed by atoms with van der Waals surface area (Å²) in [5.74, 6) is 2.41. The van der Waals surface area contributed by atoms with Crippen LogP contribution in [-0.4, -0.2) is 9.55 Å². The Morgan fingerprint density at radius 2 is 1.89 bits per heavy atom. The van der Waals surface area contributed by atoms with E-state index in [2.05, 4.69) is 44.4 Å². The zero-order valence-corrected chi connectivity index (χ0v) is 11.8. The number of benzene rings is 1. The van der Waals surface area contributed by atoms with Crippen LogP contribution in [0.15, 0.2) is 12.1 Å². The van der Waals surface area contributed by atoms with E-state index in [1.54, 1.807) is 0 Å². The molecule has 0 fully saturated rings. The topological polar surface area (TPSA) is 17.8 Å². The number of nitrogens with zero attached hydrogens (tertiary/aromatic N) is 2. The summed E-state index contributed by atoms with van der Waals surface area (Å²) in [4.78, 5) is 4.88. The van der Waals surface area contributed by atoms with Gasteiger partial charge < -0.3 is 4.57 Å². The third kappa shape index (κ3) is 1.66. The second-order valence-electron chi connectivity index (χ2n) is 6.07. The van der Waals surface area contributed by atoms with Crippen molar-refractivity contribution < 1.29 is 0 Å². The van der Waals surface area contributed by atoms with Crippen molar-refractivity contribution in [2.75, 3.05) is 0 Å². The number of rotatable bonds is 2. The Hall–Kier alpha value is -1.31. The van der Waals surface area contributed by atoms with Gasteiger partial charge >= 0.3 is 0 Å². The molecule has 0 bridgehead atoms. The first kappa shape index (κ1) is 11.8. The van der Waals surface area contributed by atoms with Crippen LogP contribution in [-0.2, 0) is 13.0 Å². The van der Waals surface area contributed by atoms with Crippen molar-refractivity contribution in [1.29, 1.82) is 0 Å². The van der Waals surface area contributed by atoms with Crippen molar-refractivity contribution in [3.8, 4) is 0 Å². The number of aryl methyl sites for hydroxylation is 2. The van der Waals surface area contributed by atoms with Gasteiger partial charge in [0.15, 0.2) is 0 Å². The van der Waals surface area contributed by atoms with E-state index in [-0.39, 0.29) is 0 Å². The molecule has 0 radical (unpaired) electrons. The molecule has 0 atom stereocenters. The van der Waals surface area contributed by atoms with Gasteiger partial charge in [0.25, 0.3) is 0 Å². The molecule has 2 nitrogen and oxygen atoms in total. The van der Waals surface area contributed by atoms with Crippen LogP contribution in [0.3, 0.4) is 0 Å². The average Bonchev–Trinajstić information content (AvgIpc) is 2.87. The van der Waals surface area contributed by atoms with Gasteiger partial charge in [-0.25, -0.2) is 4.98 Å². The summed E-state index contributed by atoms with van der Waals surface area (Å²) in [7, 11) is 0. The Kier molecular flexibility index (Phi) is 2.69. The third-order valence-electron chi connectivity index (χ3n) is 4.06. The molecule has 0 aliphatic carbocycles. The molecule has 1 aliphatic rings. The highest BCUT2D eigenvalue weighted by Gasteiger charge is 2.20. The number of fused-ring (bicyclic) bond motifs is 3. The second kappa shape index (κ2) is 4.11. The molecular weight excluding hydrogens is 220 g/mol. The van der Waals surface area contributed by atoms with Crippen LogP contribution >= 0.6 is 0 Å². The van der Waals surface area contributed by atoms with Crippen molar-refractivity contribution in [2.24, 2.45) is 0 Å². The molecule has 96 valence electrons. The number of imidazole rings is 1. The molecule has 0 spiro atoms. The zero-order valence-electron chi connectivity index (χ0n) is 11.8. The van der Waals surface area contributed by atoms with Crippen molar-refractivity contribution in [3.05, 3.63) is 29.1 Å². The molecule has 1 aromatic heterocycles. The normalized spacial score (nSPS) is 15.0. The maximum absolute atomic E-state index is 4.88. The van der Waals surface area contributed by atoms with E-state index < -0.39 is 0 Å². The maximum Gasteiger partial charge on any atom is 0.109 e. The smallest absolute Gasteiger partial charge is 0.109 e. The van der Waals surface area contributed by atoms with Crippen LogP contribution in [0.5, 0.6) is 0 Å². The SMILES string of the molecule is CC(C)c1cc(C(C)C)c2nc3n(c2c1)CCC3. The Balaban J connectivity index is 2.31. The third-order valence-corrected chi connectivity index (χ3v) is 4.06. The first-order chi connectivity index (χ1) is 8.58. The van der Waals surface area contributed by atoms with Gasteiger partial charge in [0.05, 0.1) is 11.0 Å². The summed E-state index contributed by atoms with van der Waals surface area (Å²) in [5.41, 5.74) is 5.46. The molecule has 2 heterocycles. The van der Waals surface area contributed by atoms with E-state index in [0.29, 0.717) is 11.8 Å². The average molecular weight is 242 g/mol. The highest BCUT2D eigenvalue weighted by Crippen LogP contribution is 2.32. The Morgan fingerprint density at radius 3 is 2.56 bits per heavy atom. The van der Waals surface area contributed by atoms with E-state index >= 15 is 0 Å². The fourth-order valence-electron chi connectivity index (χ4n) is 2.93. The van der Waals surface area contributed by atoms with E-state index in [0.717, 1.165) is 13.0 Å². The standard InChI is InChI=1S/C16H22N2/c1-10(2)12-8-13(11(3)4)16-14(9-12)18-7-5-6-15(18)17-16/h8-11H,5-7H2,1-4H3. The van der Waals surface area contributed by atoms with Crippen LogP contribution in [0, 0.1) is 0 Å². The molecule has 3 rings (SSSR count). The van der Waals surface area contributed by atoms with Gasteiger partial charge in [-0.3, -0.25) is 0 Å². The first-order valence-electron chi connectivity index (χ1n) is 7.11. The van der Waals surface area contributed by atoms with E-state index in [9.17, 15) is 0 Å². The summed E-state index contributed by atoms with van der Waals surface area (Å²) in [6.07, 6.45) is 2.39. The highest BCUT2D eigenvalue weighted by molar-refractivity contribution is 5.81. The predicted octanol–water partition coefficient (Wildman–Crippen LogP) is 4.23. The fourth-order valence-corrected chi connectivity index (χ4v) is 2.93.